The van der Waals surface area contributed by atoms with Crippen LogP contribution in [0.25, 0.3) is 32.2 Å². The van der Waals surface area contributed by atoms with Gasteiger partial charge < -0.3 is 4.98 Å². The van der Waals surface area contributed by atoms with E-state index < -0.39 is 0 Å². The molecule has 2 aromatic carbocycles. The smallest absolute Gasteiger partial charge is 0.262 e. The Labute approximate surface area is 192 Å². The molecule has 0 bridgehead atoms. The number of hydrogen-bond acceptors (Lipinski definition) is 6. The first-order valence-corrected chi connectivity index (χ1v) is 12.2. The van der Waals surface area contributed by atoms with Crippen LogP contribution in [0.15, 0.2) is 74.7 Å². The van der Waals surface area contributed by atoms with Crippen molar-refractivity contribution in [3.05, 3.63) is 86.5 Å². The summed E-state index contributed by atoms with van der Waals surface area (Å²) in [4.78, 5) is 38.9. The minimum Gasteiger partial charge on any atom is -0.309 e. The number of nitrogens with zero attached hydrogens (tertiary/aromatic N) is 3. The van der Waals surface area contributed by atoms with Gasteiger partial charge in [-0.3, -0.25) is 14.2 Å². The fraction of sp³-hybridized carbons (Fsp3) is 0.167. The summed E-state index contributed by atoms with van der Waals surface area (Å²) in [5, 5.41) is 3.84. The number of thioether (sulfide) groups is 1. The van der Waals surface area contributed by atoms with Crippen LogP contribution in [-0.2, 0) is 12.3 Å². The third kappa shape index (κ3) is 3.76. The number of H-pyrrole nitrogens is 1. The molecular weight excluding hydrogens is 440 g/mol. The summed E-state index contributed by atoms with van der Waals surface area (Å²) >= 11 is 2.88. The van der Waals surface area contributed by atoms with Crippen molar-refractivity contribution in [2.45, 2.75) is 30.8 Å². The van der Waals surface area contributed by atoms with Gasteiger partial charge in [0.05, 0.1) is 22.0 Å². The zero-order chi connectivity index (χ0) is 22.1. The highest BCUT2D eigenvalue weighted by atomic mass is 32.2. The molecule has 6 nitrogen and oxygen atoms in total. The predicted molar refractivity (Wildman–Crippen MR) is 132 cm³/mol. The lowest BCUT2D eigenvalue weighted by Gasteiger charge is -2.12. The Kier molecular flexibility index (Phi) is 5.63. The van der Waals surface area contributed by atoms with Crippen molar-refractivity contribution in [2.24, 2.45) is 0 Å². The van der Waals surface area contributed by atoms with Gasteiger partial charge in [-0.25, -0.2) is 9.97 Å². The lowest BCUT2D eigenvalue weighted by atomic mass is 10.1. The molecule has 0 unspecified atom stereocenters. The first-order valence-electron chi connectivity index (χ1n) is 10.3. The van der Waals surface area contributed by atoms with Crippen LogP contribution in [-0.4, -0.2) is 19.5 Å². The largest absolute Gasteiger partial charge is 0.309 e. The van der Waals surface area contributed by atoms with Crippen LogP contribution in [0, 0.1) is 0 Å². The number of aromatic amines is 1. The van der Waals surface area contributed by atoms with Crippen molar-refractivity contribution in [3.63, 3.8) is 0 Å². The van der Waals surface area contributed by atoms with Crippen molar-refractivity contribution >= 4 is 44.2 Å². The number of hydrogen-bond donors (Lipinski definition) is 1. The van der Waals surface area contributed by atoms with E-state index in [2.05, 4.69) is 9.97 Å². The van der Waals surface area contributed by atoms with Gasteiger partial charge in [0.2, 0.25) is 0 Å². The summed E-state index contributed by atoms with van der Waals surface area (Å²) in [5.74, 6) is 0.984. The second-order valence-corrected chi connectivity index (χ2v) is 9.17. The Morgan fingerprint density at radius 2 is 1.81 bits per heavy atom. The molecule has 5 aromatic rings. The Morgan fingerprint density at radius 3 is 2.62 bits per heavy atom. The van der Waals surface area contributed by atoms with Gasteiger partial charge in [-0.2, -0.15) is 0 Å². The molecule has 0 radical (unpaired) electrons. The summed E-state index contributed by atoms with van der Waals surface area (Å²) in [6.07, 6.45) is 0.825. The van der Waals surface area contributed by atoms with Crippen LogP contribution in [0.4, 0.5) is 0 Å². The standard InChI is InChI=1S/C24H20N4O2S2/c1-2-12-28-23(30)16-10-6-7-11-18(16)25-24(28)32-14-19-26-21(29)20-17(13-31-22(20)27-19)15-8-4-3-5-9-15/h3-11,13H,2,12,14H2,1H3,(H,26,27,29). The molecule has 0 aliphatic heterocycles. The molecule has 0 saturated heterocycles. The van der Waals surface area contributed by atoms with Crippen LogP contribution in [0.1, 0.15) is 19.2 Å². The minimum absolute atomic E-state index is 0.0392. The van der Waals surface area contributed by atoms with Crippen LogP contribution in [0.3, 0.4) is 0 Å². The van der Waals surface area contributed by atoms with E-state index in [0.717, 1.165) is 17.5 Å². The fourth-order valence-corrected chi connectivity index (χ4v) is 5.57. The number of rotatable bonds is 6. The van der Waals surface area contributed by atoms with E-state index >= 15 is 0 Å². The first-order chi connectivity index (χ1) is 15.7. The van der Waals surface area contributed by atoms with Crippen LogP contribution >= 0.6 is 23.1 Å². The molecule has 0 aliphatic carbocycles. The van der Waals surface area contributed by atoms with Crippen molar-refractivity contribution in [3.8, 4) is 11.1 Å². The zero-order valence-electron chi connectivity index (χ0n) is 17.4. The average molecular weight is 461 g/mol. The van der Waals surface area contributed by atoms with Gasteiger partial charge in [-0.1, -0.05) is 61.2 Å². The maximum absolute atomic E-state index is 13.0. The highest BCUT2D eigenvalue weighted by molar-refractivity contribution is 7.98. The molecule has 32 heavy (non-hydrogen) atoms. The van der Waals surface area contributed by atoms with Crippen molar-refractivity contribution in [1.29, 1.82) is 0 Å². The average Bonchev–Trinajstić information content (AvgIpc) is 3.25. The Morgan fingerprint density at radius 1 is 1.03 bits per heavy atom. The molecule has 0 atom stereocenters. The number of nitrogens with one attached hydrogen (secondary N) is 1. The van der Waals surface area contributed by atoms with Crippen LogP contribution in [0.2, 0.25) is 0 Å². The molecule has 1 N–H and O–H groups in total. The Balaban J connectivity index is 1.50. The van der Waals surface area contributed by atoms with E-state index in [0.29, 0.717) is 44.4 Å². The molecule has 5 rings (SSSR count). The third-order valence-electron chi connectivity index (χ3n) is 5.19. The van der Waals surface area contributed by atoms with Gasteiger partial charge in [-0.15, -0.1) is 11.3 Å². The number of fused-ring (bicyclic) bond motifs is 2. The topological polar surface area (TPSA) is 80.6 Å². The third-order valence-corrected chi connectivity index (χ3v) is 7.05. The highest BCUT2D eigenvalue weighted by Gasteiger charge is 2.15. The Bertz CT molecular complexity index is 1540. The number of para-hydroxylation sites is 1. The van der Waals surface area contributed by atoms with E-state index in [-0.39, 0.29) is 11.1 Å². The molecule has 3 heterocycles. The Hall–Kier alpha value is -3.23. The molecule has 160 valence electrons. The number of thiophene rings is 1. The summed E-state index contributed by atoms with van der Waals surface area (Å²) in [7, 11) is 0. The normalized spacial score (nSPS) is 11.4. The monoisotopic (exact) mass is 460 g/mol. The van der Waals surface area contributed by atoms with E-state index in [1.54, 1.807) is 10.6 Å². The summed E-state index contributed by atoms with van der Waals surface area (Å²) < 4.78 is 1.71. The molecule has 8 heteroatoms. The summed E-state index contributed by atoms with van der Waals surface area (Å²) in [6.45, 7) is 2.62. The second-order valence-electron chi connectivity index (χ2n) is 7.37. The minimum atomic E-state index is -0.150. The lowest BCUT2D eigenvalue weighted by molar-refractivity contribution is 0.584. The maximum Gasteiger partial charge on any atom is 0.262 e. The van der Waals surface area contributed by atoms with E-state index in [9.17, 15) is 9.59 Å². The van der Waals surface area contributed by atoms with Crippen LogP contribution in [0.5, 0.6) is 0 Å². The second kappa shape index (κ2) is 8.72. The van der Waals surface area contributed by atoms with Crippen LogP contribution < -0.4 is 11.1 Å². The SMILES string of the molecule is CCCn1c(SCc2nc3scc(-c4ccccc4)c3c(=O)[nH]2)nc2ccccc2c1=O. The highest BCUT2D eigenvalue weighted by Crippen LogP contribution is 2.31. The van der Waals surface area contributed by atoms with Gasteiger partial charge in [-0.05, 0) is 24.1 Å². The predicted octanol–water partition coefficient (Wildman–Crippen LogP) is 5.06. The molecule has 3 aromatic heterocycles. The number of benzene rings is 2. The summed E-state index contributed by atoms with van der Waals surface area (Å²) in [5.41, 5.74) is 2.38. The van der Waals surface area contributed by atoms with Gasteiger partial charge in [0, 0.05) is 17.5 Å². The molecule has 0 fully saturated rings. The number of aromatic nitrogens is 4. The molecule has 0 saturated carbocycles. The van der Waals surface area contributed by atoms with Gasteiger partial charge in [0.1, 0.15) is 10.7 Å². The molecule has 0 aliphatic rings. The van der Waals surface area contributed by atoms with Crippen molar-refractivity contribution in [1.82, 2.24) is 19.5 Å². The quantitative estimate of drug-likeness (QED) is 0.283. The van der Waals surface area contributed by atoms with Gasteiger partial charge in [0.25, 0.3) is 11.1 Å². The van der Waals surface area contributed by atoms with E-state index in [1.807, 2.05) is 60.8 Å². The first kappa shape index (κ1) is 20.7. The molecule has 0 spiro atoms. The molecule has 0 amide bonds. The lowest BCUT2D eigenvalue weighted by Crippen LogP contribution is -2.23. The van der Waals surface area contributed by atoms with Gasteiger partial charge >= 0.3 is 0 Å². The van der Waals surface area contributed by atoms with Crippen molar-refractivity contribution < 1.29 is 0 Å². The maximum atomic E-state index is 13.0. The van der Waals surface area contributed by atoms with Crippen molar-refractivity contribution in [2.75, 3.05) is 0 Å². The zero-order valence-corrected chi connectivity index (χ0v) is 19.0. The van der Waals surface area contributed by atoms with E-state index in [1.165, 1.54) is 23.1 Å². The fourth-order valence-electron chi connectivity index (χ4n) is 3.70. The van der Waals surface area contributed by atoms with Gasteiger partial charge in [0.15, 0.2) is 5.16 Å². The van der Waals surface area contributed by atoms with E-state index in [4.69, 9.17) is 4.98 Å². The summed E-state index contributed by atoms with van der Waals surface area (Å²) in [6, 6.07) is 17.2. The molecular formula is C24H20N4O2S2.